The maximum absolute atomic E-state index is 4.93. The molecule has 346 valence electrons. The third kappa shape index (κ3) is 10.7. The van der Waals surface area contributed by atoms with E-state index in [0.717, 1.165) is 57.9 Å². The van der Waals surface area contributed by atoms with Crippen molar-refractivity contribution in [1.82, 2.24) is 0 Å². The first-order valence-electron chi connectivity index (χ1n) is 25.7. The van der Waals surface area contributed by atoms with E-state index in [1.807, 2.05) is 0 Å². The van der Waals surface area contributed by atoms with Crippen LogP contribution in [0.4, 0.5) is 0 Å². The molecule has 0 aliphatic heterocycles. The molecule has 8 bridgehead atoms. The monoisotopic (exact) mass is 1010 g/mol. The quantitative estimate of drug-likeness (QED) is 0.115. The molecule has 0 saturated heterocycles. The van der Waals surface area contributed by atoms with Gasteiger partial charge in [0.15, 0.2) is 0 Å². The van der Waals surface area contributed by atoms with Gasteiger partial charge in [0, 0.05) is 9.52 Å². The molecule has 0 amide bonds. The summed E-state index contributed by atoms with van der Waals surface area (Å²) in [5.41, 5.74) is 13.4. The molecule has 2 radical (unpaired) electrons. The van der Waals surface area contributed by atoms with Crippen molar-refractivity contribution in [3.05, 3.63) is 131 Å². The van der Waals surface area contributed by atoms with E-state index in [1.165, 1.54) is 132 Å². The SMILES string of the molecule is CC(C)(C)Cc1cc2c(-c3ccc(C45CC6CC(CC(C6)C4)C5)cc3)cccc2[cH-]1.CC(C)(C)Cc1cc2c(-c3ccc(C45CC6CC(CC(C6)C4)C5)cc3)cccc2[cH-]1.C[Si]C.[Cl][Zr+2][Cl]. The molecule has 0 heterocycles. The molecule has 8 aliphatic carbocycles. The Balaban J connectivity index is 0.000000149. The van der Waals surface area contributed by atoms with Crippen molar-refractivity contribution >= 4 is 48.1 Å². The van der Waals surface area contributed by atoms with Crippen molar-refractivity contribution in [2.24, 2.45) is 46.3 Å². The van der Waals surface area contributed by atoms with E-state index in [2.05, 4.69) is 164 Å². The standard InChI is InChI=1S/2C30H35.C2H6Si.2ClH.Zr/c2*1-29(2,3)16-23-14-25-5-4-6-27(28(25)15-23)24-7-9-26(10-8-24)30-17-20-11-21(18-30)13-22(12-20)19-30;1-3-2;;;/h2*4-10,14-15,20-22H,11-13,16-19H2,1-3H3;1-2H3;2*1H;/q2*-1;;;;+4/p-2. The van der Waals surface area contributed by atoms with Gasteiger partial charge in [0.05, 0.1) is 0 Å². The van der Waals surface area contributed by atoms with Gasteiger partial charge in [-0.1, -0.05) is 126 Å². The number of halogens is 2. The van der Waals surface area contributed by atoms with Crippen molar-refractivity contribution in [3.8, 4) is 22.3 Å². The number of hydrogen-bond acceptors (Lipinski definition) is 0. The predicted molar refractivity (Wildman–Crippen MR) is 285 cm³/mol. The van der Waals surface area contributed by atoms with Gasteiger partial charge in [-0.3, -0.25) is 0 Å². The van der Waals surface area contributed by atoms with Gasteiger partial charge in [0.1, 0.15) is 0 Å². The fourth-order valence-electron chi connectivity index (χ4n) is 15.5. The van der Waals surface area contributed by atoms with Gasteiger partial charge >= 0.3 is 37.9 Å². The molecule has 0 aromatic heterocycles. The Kier molecular flexibility index (Phi) is 14.7. The van der Waals surface area contributed by atoms with Crippen molar-refractivity contribution in [1.29, 1.82) is 0 Å². The van der Waals surface area contributed by atoms with Gasteiger partial charge in [0.2, 0.25) is 0 Å². The summed E-state index contributed by atoms with van der Waals surface area (Å²) in [6.07, 6.45) is 20.1. The van der Waals surface area contributed by atoms with E-state index in [-0.39, 0.29) is 0 Å². The van der Waals surface area contributed by atoms with Crippen LogP contribution in [-0.2, 0) is 44.5 Å². The van der Waals surface area contributed by atoms with Crippen LogP contribution in [0.15, 0.2) is 109 Å². The number of hydrogen-bond donors (Lipinski definition) is 0. The van der Waals surface area contributed by atoms with Gasteiger partial charge in [-0.15, -0.1) is 69.1 Å². The van der Waals surface area contributed by atoms with Crippen LogP contribution >= 0.6 is 17.0 Å². The van der Waals surface area contributed by atoms with Crippen molar-refractivity contribution in [2.45, 2.75) is 155 Å². The molecule has 66 heavy (non-hydrogen) atoms. The second-order valence-corrected chi connectivity index (χ2v) is 29.7. The Bertz CT molecular complexity index is 2310. The first kappa shape index (κ1) is 48.8. The van der Waals surface area contributed by atoms with Crippen LogP contribution < -0.4 is 0 Å². The van der Waals surface area contributed by atoms with Crippen LogP contribution in [0.3, 0.4) is 0 Å². The zero-order valence-corrected chi connectivity index (χ0v) is 46.5. The molecule has 0 nitrogen and oxygen atoms in total. The molecule has 0 atom stereocenters. The molecule has 6 aromatic carbocycles. The molecule has 8 fully saturated rings. The molecule has 14 rings (SSSR count). The Labute approximate surface area is 421 Å². The number of benzene rings is 4. The zero-order chi connectivity index (χ0) is 46.4. The molecule has 8 aliphatic rings. The first-order chi connectivity index (χ1) is 31.6. The summed E-state index contributed by atoms with van der Waals surface area (Å²) < 4.78 is 0. The van der Waals surface area contributed by atoms with E-state index >= 15 is 0 Å². The third-order valence-corrected chi connectivity index (χ3v) is 16.8. The predicted octanol–water partition coefficient (Wildman–Crippen LogP) is 18.7. The summed E-state index contributed by atoms with van der Waals surface area (Å²) in [6, 6.07) is 42.9. The van der Waals surface area contributed by atoms with E-state index < -0.39 is 20.8 Å². The van der Waals surface area contributed by atoms with Crippen LogP contribution in [0.5, 0.6) is 0 Å². The minimum absolute atomic E-state index is 0.323. The molecular formula is C62H76Cl2SiZr. The van der Waals surface area contributed by atoms with Crippen molar-refractivity contribution < 1.29 is 20.8 Å². The molecule has 6 aromatic rings. The first-order valence-corrected chi connectivity index (χ1v) is 34.0. The van der Waals surface area contributed by atoms with Gasteiger partial charge in [-0.25, -0.2) is 0 Å². The average molecular weight is 1010 g/mol. The van der Waals surface area contributed by atoms with Crippen LogP contribution in [0.25, 0.3) is 43.8 Å². The summed E-state index contributed by atoms with van der Waals surface area (Å²) in [7, 11) is 11.0. The fourth-order valence-corrected chi connectivity index (χ4v) is 15.5. The molecule has 0 N–H and O–H groups in total. The summed E-state index contributed by atoms with van der Waals surface area (Å²) in [5, 5.41) is 5.60. The van der Waals surface area contributed by atoms with Crippen LogP contribution in [-0.4, -0.2) is 9.52 Å². The number of fused-ring (bicyclic) bond motifs is 2. The molecular weight excluding hydrogens is 935 g/mol. The fraction of sp³-hybridized carbons (Fsp3) is 0.516. The Morgan fingerprint density at radius 1 is 0.500 bits per heavy atom. The normalized spacial score (nSPS) is 28.0. The van der Waals surface area contributed by atoms with E-state index in [4.69, 9.17) is 17.0 Å². The zero-order valence-electron chi connectivity index (χ0n) is 41.5. The molecule has 0 unspecified atom stereocenters. The van der Waals surface area contributed by atoms with Gasteiger partial charge < -0.3 is 0 Å². The Hall–Kier alpha value is -2.22. The van der Waals surface area contributed by atoms with Gasteiger partial charge in [-0.05, 0) is 169 Å². The molecule has 4 heteroatoms. The molecule has 0 spiro atoms. The minimum atomic E-state index is -0.826. The van der Waals surface area contributed by atoms with Crippen molar-refractivity contribution in [2.75, 3.05) is 0 Å². The molecule has 8 saturated carbocycles. The Morgan fingerprint density at radius 2 is 0.788 bits per heavy atom. The second kappa shape index (κ2) is 19.9. The summed E-state index contributed by atoms with van der Waals surface area (Å²) in [5.74, 6) is 6.06. The number of rotatable bonds is 6. The van der Waals surface area contributed by atoms with Gasteiger partial charge in [-0.2, -0.15) is 12.1 Å². The van der Waals surface area contributed by atoms with E-state index in [1.54, 1.807) is 11.1 Å². The van der Waals surface area contributed by atoms with E-state index in [0.29, 0.717) is 21.7 Å². The van der Waals surface area contributed by atoms with Crippen LogP contribution in [0.1, 0.15) is 141 Å². The topological polar surface area (TPSA) is 0 Å². The summed E-state index contributed by atoms with van der Waals surface area (Å²) in [4.78, 5) is 0. The summed E-state index contributed by atoms with van der Waals surface area (Å²) >= 11 is -0.826. The second-order valence-electron chi connectivity index (χ2n) is 24.9. The summed E-state index contributed by atoms with van der Waals surface area (Å²) in [6.45, 7) is 18.3. The average Bonchev–Trinajstić information content (AvgIpc) is 3.85. The van der Waals surface area contributed by atoms with Crippen molar-refractivity contribution in [3.63, 3.8) is 0 Å². The Morgan fingerprint density at radius 3 is 1.06 bits per heavy atom. The van der Waals surface area contributed by atoms with Crippen LogP contribution in [0.2, 0.25) is 13.1 Å². The van der Waals surface area contributed by atoms with Gasteiger partial charge in [0.25, 0.3) is 0 Å². The third-order valence-electron chi connectivity index (χ3n) is 16.8. The van der Waals surface area contributed by atoms with Crippen LogP contribution in [0, 0.1) is 46.3 Å². The maximum atomic E-state index is 4.93. The van der Waals surface area contributed by atoms with E-state index in [9.17, 15) is 0 Å².